The molecule has 0 bridgehead atoms. The van der Waals surface area contributed by atoms with Crippen molar-refractivity contribution < 1.29 is 29.3 Å². The lowest BCUT2D eigenvalue weighted by Gasteiger charge is -2.37. The first-order chi connectivity index (χ1) is 14.4. The van der Waals surface area contributed by atoms with Crippen LogP contribution in [0.5, 0.6) is 0 Å². The topological polar surface area (TPSA) is 130 Å². The average Bonchev–Trinajstić information content (AvgIpc) is 2.65. The molecule has 0 radical (unpaired) electrons. The molecule has 0 fully saturated rings. The second-order valence-corrected chi connectivity index (χ2v) is 9.32. The van der Waals surface area contributed by atoms with Gasteiger partial charge in [0.05, 0.1) is 18.6 Å². The van der Waals surface area contributed by atoms with Crippen molar-refractivity contribution in [2.75, 3.05) is 11.4 Å². The van der Waals surface area contributed by atoms with Crippen LogP contribution in [0.2, 0.25) is 0 Å². The summed E-state index contributed by atoms with van der Waals surface area (Å²) in [5.41, 5.74) is 7.37. The minimum Gasteiger partial charge on any atom is -0.481 e. The highest BCUT2D eigenvalue weighted by Crippen LogP contribution is 2.33. The second-order valence-electron chi connectivity index (χ2n) is 9.32. The van der Waals surface area contributed by atoms with E-state index in [4.69, 9.17) is 15.6 Å². The number of carboxylic acids is 1. The number of rotatable bonds is 9. The molecule has 0 saturated carbocycles. The Kier molecular flexibility index (Phi) is 8.20. The molecule has 4 N–H and O–H groups in total. The molecule has 2 rings (SSSR count). The third kappa shape index (κ3) is 7.04. The van der Waals surface area contributed by atoms with E-state index in [0.717, 1.165) is 11.3 Å². The van der Waals surface area contributed by atoms with Gasteiger partial charge in [0.25, 0.3) is 0 Å². The number of carboxylic acid groups (broad SMARTS) is 1. The largest absolute Gasteiger partial charge is 0.481 e. The number of aliphatic hydroxyl groups excluding tert-OH is 1. The van der Waals surface area contributed by atoms with Crippen LogP contribution in [0.25, 0.3) is 0 Å². The van der Waals surface area contributed by atoms with Crippen LogP contribution in [0, 0.1) is 11.3 Å². The number of amides is 1. The number of aliphatic carboxylic acids is 1. The van der Waals surface area contributed by atoms with E-state index >= 15 is 0 Å². The fraction of sp³-hybridized carbons (Fsp3) is 0.609. The van der Waals surface area contributed by atoms with Gasteiger partial charge < -0.3 is 25.6 Å². The normalized spacial score (nSPS) is 19.2. The van der Waals surface area contributed by atoms with Gasteiger partial charge in [-0.1, -0.05) is 39.0 Å². The summed E-state index contributed by atoms with van der Waals surface area (Å²) in [6.45, 7) is 6.97. The lowest BCUT2D eigenvalue weighted by molar-refractivity contribution is -0.146. The van der Waals surface area contributed by atoms with Crippen molar-refractivity contribution in [2.45, 2.75) is 71.6 Å². The van der Waals surface area contributed by atoms with Crippen LogP contribution in [0.3, 0.4) is 0 Å². The van der Waals surface area contributed by atoms with Gasteiger partial charge in [-0.15, -0.1) is 0 Å². The Morgan fingerprint density at radius 2 is 1.94 bits per heavy atom. The molecule has 31 heavy (non-hydrogen) atoms. The number of para-hydroxylation sites is 1. The summed E-state index contributed by atoms with van der Waals surface area (Å²) in [5, 5.41) is 19.3. The van der Waals surface area contributed by atoms with Crippen LogP contribution < -0.4 is 10.6 Å². The molecule has 0 saturated heterocycles. The Morgan fingerprint density at radius 3 is 2.55 bits per heavy atom. The van der Waals surface area contributed by atoms with Crippen LogP contribution in [-0.4, -0.2) is 52.9 Å². The Labute approximate surface area is 183 Å². The van der Waals surface area contributed by atoms with Crippen molar-refractivity contribution in [1.29, 1.82) is 0 Å². The highest BCUT2D eigenvalue weighted by atomic mass is 16.5. The van der Waals surface area contributed by atoms with Crippen molar-refractivity contribution in [3.63, 3.8) is 0 Å². The molecule has 1 aromatic carbocycles. The molecule has 8 heteroatoms. The molecule has 1 aliphatic rings. The Bertz CT molecular complexity index is 809. The first-order valence-electron chi connectivity index (χ1n) is 10.6. The summed E-state index contributed by atoms with van der Waals surface area (Å²) in [7, 11) is 0. The molecule has 8 nitrogen and oxygen atoms in total. The molecule has 4 atom stereocenters. The fourth-order valence-electron chi connectivity index (χ4n) is 4.10. The smallest absolute Gasteiger partial charge is 0.306 e. The van der Waals surface area contributed by atoms with Crippen LogP contribution in [-0.2, 0) is 25.5 Å². The SMILES string of the molecule is CC(=O)O[C@@H]1Cc2ccccc2N(C(=O)CC(C)(C)C[C@H](N)[C@@H](O)C[C@@H](C)C(=O)O)C1. The predicted octanol–water partition coefficient (Wildman–Crippen LogP) is 2.11. The number of anilines is 1. The number of carbonyl (C=O) groups excluding carboxylic acids is 2. The van der Waals surface area contributed by atoms with E-state index in [2.05, 4.69) is 0 Å². The van der Waals surface area contributed by atoms with Gasteiger partial charge in [-0.05, 0) is 29.9 Å². The summed E-state index contributed by atoms with van der Waals surface area (Å²) in [5.74, 6) is -2.18. The number of nitrogens with two attached hydrogens (primary N) is 1. The highest BCUT2D eigenvalue weighted by Gasteiger charge is 2.34. The zero-order valence-corrected chi connectivity index (χ0v) is 18.7. The molecular formula is C23H34N2O6. The first-order valence-corrected chi connectivity index (χ1v) is 10.6. The van der Waals surface area contributed by atoms with Crippen molar-refractivity contribution in [3.8, 4) is 0 Å². The molecule has 1 aliphatic heterocycles. The maximum absolute atomic E-state index is 13.2. The van der Waals surface area contributed by atoms with Crippen molar-refractivity contribution >= 4 is 23.5 Å². The quantitative estimate of drug-likeness (QED) is 0.508. The average molecular weight is 435 g/mol. The molecular weight excluding hydrogens is 400 g/mol. The summed E-state index contributed by atoms with van der Waals surface area (Å²) in [6.07, 6.45) is -0.213. The number of hydrogen-bond acceptors (Lipinski definition) is 6. The highest BCUT2D eigenvalue weighted by molar-refractivity contribution is 5.95. The number of fused-ring (bicyclic) bond motifs is 1. The van der Waals surface area contributed by atoms with Crippen molar-refractivity contribution in [1.82, 2.24) is 0 Å². The maximum Gasteiger partial charge on any atom is 0.306 e. The van der Waals surface area contributed by atoms with E-state index in [0.29, 0.717) is 12.8 Å². The van der Waals surface area contributed by atoms with Gasteiger partial charge in [0, 0.05) is 31.5 Å². The van der Waals surface area contributed by atoms with E-state index in [9.17, 15) is 19.5 Å². The summed E-state index contributed by atoms with van der Waals surface area (Å²) >= 11 is 0. The minimum atomic E-state index is -0.980. The van der Waals surface area contributed by atoms with E-state index in [-0.39, 0.29) is 31.3 Å². The monoisotopic (exact) mass is 434 g/mol. The standard InChI is InChI=1S/C23H34N2O6/c1-14(22(29)30)9-20(27)18(24)11-23(3,4)12-21(28)25-13-17(31-15(2)26)10-16-7-5-6-8-19(16)25/h5-8,14,17-18,20,27H,9-13,24H2,1-4H3,(H,29,30)/t14-,17-,18+,20+/m1/s1. The number of nitrogens with zero attached hydrogens (tertiary/aromatic N) is 1. The molecule has 0 aromatic heterocycles. The molecule has 1 heterocycles. The molecule has 172 valence electrons. The Balaban J connectivity index is 2.07. The lowest BCUT2D eigenvalue weighted by atomic mass is 9.79. The van der Waals surface area contributed by atoms with Gasteiger partial charge in [0.1, 0.15) is 6.10 Å². The van der Waals surface area contributed by atoms with Gasteiger partial charge in [0.15, 0.2) is 0 Å². The van der Waals surface area contributed by atoms with Crippen LogP contribution in [0.4, 0.5) is 5.69 Å². The number of aliphatic hydroxyl groups is 1. The third-order valence-corrected chi connectivity index (χ3v) is 5.68. The minimum absolute atomic E-state index is 0.0596. The lowest BCUT2D eigenvalue weighted by Crippen LogP contribution is -2.46. The van der Waals surface area contributed by atoms with Crippen LogP contribution in [0.15, 0.2) is 24.3 Å². The number of ether oxygens (including phenoxy) is 1. The maximum atomic E-state index is 13.2. The van der Waals surface area contributed by atoms with Crippen LogP contribution >= 0.6 is 0 Å². The number of benzene rings is 1. The molecule has 0 unspecified atom stereocenters. The van der Waals surface area contributed by atoms with Crippen LogP contribution in [0.1, 0.15) is 52.5 Å². The fourth-order valence-corrected chi connectivity index (χ4v) is 4.10. The predicted molar refractivity (Wildman–Crippen MR) is 116 cm³/mol. The second kappa shape index (κ2) is 10.2. The van der Waals surface area contributed by atoms with E-state index in [1.54, 1.807) is 4.90 Å². The number of hydrogen-bond donors (Lipinski definition) is 3. The molecule has 1 amide bonds. The molecule has 0 spiro atoms. The van der Waals surface area contributed by atoms with E-state index < -0.39 is 35.6 Å². The number of carbonyl (C=O) groups is 3. The molecule has 1 aromatic rings. The zero-order valence-electron chi connectivity index (χ0n) is 18.7. The van der Waals surface area contributed by atoms with Gasteiger partial charge in [0.2, 0.25) is 5.91 Å². The van der Waals surface area contributed by atoms with Crippen molar-refractivity contribution in [2.24, 2.45) is 17.1 Å². The van der Waals surface area contributed by atoms with Gasteiger partial charge >= 0.3 is 11.9 Å². The zero-order chi connectivity index (χ0) is 23.3. The van der Waals surface area contributed by atoms with Gasteiger partial charge in [-0.3, -0.25) is 14.4 Å². The van der Waals surface area contributed by atoms with E-state index in [1.807, 2.05) is 38.1 Å². The third-order valence-electron chi connectivity index (χ3n) is 5.68. The van der Waals surface area contributed by atoms with Gasteiger partial charge in [-0.2, -0.15) is 0 Å². The summed E-state index contributed by atoms with van der Waals surface area (Å²) in [4.78, 5) is 37.3. The Hall–Kier alpha value is -2.45. The Morgan fingerprint density at radius 1 is 1.29 bits per heavy atom. The van der Waals surface area contributed by atoms with Gasteiger partial charge in [-0.25, -0.2) is 0 Å². The van der Waals surface area contributed by atoms with E-state index in [1.165, 1.54) is 13.8 Å². The first kappa shape index (κ1) is 24.8. The molecule has 0 aliphatic carbocycles. The van der Waals surface area contributed by atoms with Crippen molar-refractivity contribution in [3.05, 3.63) is 29.8 Å². The summed E-state index contributed by atoms with van der Waals surface area (Å²) in [6, 6.07) is 6.91. The summed E-state index contributed by atoms with van der Waals surface area (Å²) < 4.78 is 5.38. The number of esters is 1.